The molecule has 1 heterocycles. The lowest BCUT2D eigenvalue weighted by Crippen LogP contribution is -2.44. The van der Waals surface area contributed by atoms with Gasteiger partial charge in [0.15, 0.2) is 0 Å². The Morgan fingerprint density at radius 2 is 2.20 bits per heavy atom. The Bertz CT molecular complexity index is 577. The van der Waals surface area contributed by atoms with E-state index in [4.69, 9.17) is 5.73 Å². The fraction of sp³-hybridized carbons (Fsp3) is 0.538. The molecule has 0 aliphatic carbocycles. The number of nitrogens with two attached hydrogens (primary N) is 1. The lowest BCUT2D eigenvalue weighted by molar-refractivity contribution is 0.187. The van der Waals surface area contributed by atoms with Crippen LogP contribution in [-0.4, -0.2) is 39.5 Å². The van der Waals surface area contributed by atoms with Crippen molar-refractivity contribution in [3.63, 3.8) is 0 Å². The maximum atomic E-state index is 13.3. The molecule has 5 nitrogen and oxygen atoms in total. The van der Waals surface area contributed by atoms with Gasteiger partial charge in [0.05, 0.1) is 10.6 Å². The van der Waals surface area contributed by atoms with Gasteiger partial charge in [-0.05, 0) is 44.6 Å². The minimum atomic E-state index is -3.69. The van der Waals surface area contributed by atoms with Crippen LogP contribution in [0.4, 0.5) is 10.1 Å². The molecule has 3 N–H and O–H groups in total. The molecule has 112 valence electrons. The van der Waals surface area contributed by atoms with Crippen LogP contribution in [0.15, 0.2) is 23.1 Å². The first-order chi connectivity index (χ1) is 9.40. The van der Waals surface area contributed by atoms with Gasteiger partial charge < -0.3 is 10.6 Å². The molecule has 2 rings (SSSR count). The van der Waals surface area contributed by atoms with Crippen LogP contribution in [0.25, 0.3) is 0 Å². The molecule has 0 spiro atoms. The van der Waals surface area contributed by atoms with E-state index in [1.807, 2.05) is 7.05 Å². The van der Waals surface area contributed by atoms with Gasteiger partial charge in [-0.25, -0.2) is 17.5 Å². The van der Waals surface area contributed by atoms with Crippen molar-refractivity contribution in [2.24, 2.45) is 0 Å². The number of nitrogens with one attached hydrogen (secondary N) is 1. The summed E-state index contributed by atoms with van der Waals surface area (Å²) in [6, 6.07) is 3.71. The molecule has 0 amide bonds. The van der Waals surface area contributed by atoms with E-state index in [-0.39, 0.29) is 16.6 Å². The van der Waals surface area contributed by atoms with E-state index in [2.05, 4.69) is 9.62 Å². The van der Waals surface area contributed by atoms with Crippen molar-refractivity contribution >= 4 is 15.7 Å². The Kier molecular flexibility index (Phi) is 4.62. The number of halogens is 1. The molecule has 0 saturated carbocycles. The molecule has 1 aliphatic heterocycles. The second-order valence-corrected chi connectivity index (χ2v) is 6.93. The summed E-state index contributed by atoms with van der Waals surface area (Å²) in [5.74, 6) is -0.720. The van der Waals surface area contributed by atoms with Gasteiger partial charge in [0, 0.05) is 12.6 Å². The molecule has 20 heavy (non-hydrogen) atoms. The van der Waals surface area contributed by atoms with E-state index < -0.39 is 15.8 Å². The summed E-state index contributed by atoms with van der Waals surface area (Å²) >= 11 is 0. The average Bonchev–Trinajstić information content (AvgIpc) is 2.41. The third kappa shape index (κ3) is 3.47. The minimum Gasteiger partial charge on any atom is -0.396 e. The van der Waals surface area contributed by atoms with Crippen LogP contribution in [-0.2, 0) is 10.0 Å². The van der Waals surface area contributed by atoms with E-state index >= 15 is 0 Å². The maximum absolute atomic E-state index is 13.3. The summed E-state index contributed by atoms with van der Waals surface area (Å²) in [7, 11) is -1.71. The first-order valence-corrected chi connectivity index (χ1v) is 8.13. The number of nitrogens with zero attached hydrogens (tertiary/aromatic N) is 1. The Morgan fingerprint density at radius 3 is 2.85 bits per heavy atom. The molecular weight excluding hydrogens is 281 g/mol. The molecule has 0 bridgehead atoms. The standard InChI is InChI=1S/C13H20FN3O2S/c1-17-7-3-2-4-10(17)9-16-20(18,19)11-5-6-13(15)12(14)8-11/h5-6,8,10,16H,2-4,7,9,15H2,1H3. The molecule has 0 aromatic heterocycles. The molecule has 0 radical (unpaired) electrons. The number of piperidine rings is 1. The zero-order valence-electron chi connectivity index (χ0n) is 11.5. The number of nitrogen functional groups attached to an aromatic ring is 1. The molecule has 1 aliphatic rings. The lowest BCUT2D eigenvalue weighted by Gasteiger charge is -2.32. The number of rotatable bonds is 4. The van der Waals surface area contributed by atoms with Crippen LogP contribution < -0.4 is 10.5 Å². The van der Waals surface area contributed by atoms with Gasteiger partial charge >= 0.3 is 0 Å². The number of hydrogen-bond acceptors (Lipinski definition) is 4. The number of hydrogen-bond donors (Lipinski definition) is 2. The van der Waals surface area contributed by atoms with Gasteiger partial charge in [-0.3, -0.25) is 0 Å². The number of benzene rings is 1. The summed E-state index contributed by atoms with van der Waals surface area (Å²) in [5, 5.41) is 0. The predicted octanol–water partition coefficient (Wildman–Crippen LogP) is 1.17. The Labute approximate surface area is 119 Å². The third-order valence-electron chi connectivity index (χ3n) is 3.71. The number of likely N-dealkylation sites (N-methyl/N-ethyl adjacent to an activating group) is 1. The minimum absolute atomic E-state index is 0.0593. The number of sulfonamides is 1. The first-order valence-electron chi connectivity index (χ1n) is 6.65. The Morgan fingerprint density at radius 1 is 1.45 bits per heavy atom. The molecule has 1 aromatic rings. The van der Waals surface area contributed by atoms with Gasteiger partial charge in [-0.15, -0.1) is 0 Å². The lowest BCUT2D eigenvalue weighted by atomic mass is 10.0. The first kappa shape index (κ1) is 15.2. The summed E-state index contributed by atoms with van der Waals surface area (Å²) in [4.78, 5) is 2.05. The topological polar surface area (TPSA) is 75.4 Å². The SMILES string of the molecule is CN1CCCCC1CNS(=O)(=O)c1ccc(N)c(F)c1. The van der Waals surface area contributed by atoms with E-state index in [9.17, 15) is 12.8 Å². The highest BCUT2D eigenvalue weighted by Gasteiger charge is 2.22. The molecule has 1 atom stereocenters. The summed E-state index contributed by atoms with van der Waals surface area (Å²) < 4.78 is 40.1. The van der Waals surface area contributed by atoms with Gasteiger partial charge in [-0.1, -0.05) is 6.42 Å². The summed E-state index contributed by atoms with van der Waals surface area (Å²) in [6.45, 7) is 1.31. The largest absolute Gasteiger partial charge is 0.396 e. The van der Waals surface area contributed by atoms with E-state index in [1.54, 1.807) is 0 Å². The summed E-state index contributed by atoms with van der Waals surface area (Å²) in [5.41, 5.74) is 5.28. The van der Waals surface area contributed by atoms with Crippen LogP contribution in [0.5, 0.6) is 0 Å². The van der Waals surface area contributed by atoms with Crippen molar-refractivity contribution in [1.82, 2.24) is 9.62 Å². The fourth-order valence-corrected chi connectivity index (χ4v) is 3.45. The summed E-state index contributed by atoms with van der Waals surface area (Å²) in [6.07, 6.45) is 3.21. The second-order valence-electron chi connectivity index (χ2n) is 5.17. The van der Waals surface area contributed by atoms with Crippen molar-refractivity contribution in [2.45, 2.75) is 30.2 Å². The van der Waals surface area contributed by atoms with Gasteiger partial charge in [0.2, 0.25) is 10.0 Å². The second kappa shape index (κ2) is 6.07. The Balaban J connectivity index is 2.05. The van der Waals surface area contributed by atoms with Crippen molar-refractivity contribution in [3.05, 3.63) is 24.0 Å². The highest BCUT2D eigenvalue weighted by atomic mass is 32.2. The highest BCUT2D eigenvalue weighted by molar-refractivity contribution is 7.89. The van der Waals surface area contributed by atoms with Crippen molar-refractivity contribution in [3.8, 4) is 0 Å². The zero-order valence-corrected chi connectivity index (χ0v) is 12.3. The van der Waals surface area contributed by atoms with Gasteiger partial charge in [-0.2, -0.15) is 0 Å². The molecule has 1 fully saturated rings. The predicted molar refractivity (Wildman–Crippen MR) is 76.3 cm³/mol. The maximum Gasteiger partial charge on any atom is 0.240 e. The molecule has 1 unspecified atom stereocenters. The fourth-order valence-electron chi connectivity index (χ4n) is 2.37. The van der Waals surface area contributed by atoms with Crippen LogP contribution in [0.2, 0.25) is 0 Å². The van der Waals surface area contributed by atoms with E-state index in [0.29, 0.717) is 6.54 Å². The van der Waals surface area contributed by atoms with Crippen molar-refractivity contribution in [2.75, 3.05) is 25.9 Å². The van der Waals surface area contributed by atoms with Crippen LogP contribution in [0.3, 0.4) is 0 Å². The Hall–Kier alpha value is -1.18. The van der Waals surface area contributed by atoms with E-state index in [0.717, 1.165) is 31.9 Å². The molecule has 1 saturated heterocycles. The highest BCUT2D eigenvalue weighted by Crippen LogP contribution is 2.18. The van der Waals surface area contributed by atoms with Gasteiger partial charge in [0.1, 0.15) is 5.82 Å². The van der Waals surface area contributed by atoms with Crippen LogP contribution >= 0.6 is 0 Å². The molecule has 7 heteroatoms. The number of anilines is 1. The normalized spacial score (nSPS) is 21.0. The van der Waals surface area contributed by atoms with Gasteiger partial charge in [0.25, 0.3) is 0 Å². The van der Waals surface area contributed by atoms with Crippen molar-refractivity contribution < 1.29 is 12.8 Å². The van der Waals surface area contributed by atoms with Crippen LogP contribution in [0, 0.1) is 5.82 Å². The smallest absolute Gasteiger partial charge is 0.240 e. The molecule has 1 aromatic carbocycles. The third-order valence-corrected chi connectivity index (χ3v) is 5.13. The average molecular weight is 301 g/mol. The number of likely N-dealkylation sites (tertiary alicyclic amines) is 1. The van der Waals surface area contributed by atoms with Crippen molar-refractivity contribution in [1.29, 1.82) is 0 Å². The zero-order chi connectivity index (χ0) is 14.8. The molecular formula is C13H20FN3O2S. The van der Waals surface area contributed by atoms with E-state index in [1.165, 1.54) is 12.1 Å². The monoisotopic (exact) mass is 301 g/mol. The van der Waals surface area contributed by atoms with Crippen LogP contribution in [0.1, 0.15) is 19.3 Å². The quantitative estimate of drug-likeness (QED) is 0.819.